The first-order valence-electron chi connectivity index (χ1n) is 7.57. The Morgan fingerprint density at radius 2 is 2.25 bits per heavy atom. The third-order valence-electron chi connectivity index (χ3n) is 3.78. The second-order valence-electron chi connectivity index (χ2n) is 5.40. The first-order chi connectivity index (χ1) is 11.6. The Bertz CT molecular complexity index is 925. The van der Waals surface area contributed by atoms with E-state index in [1.165, 1.54) is 11.3 Å². The van der Waals surface area contributed by atoms with Crippen LogP contribution in [-0.2, 0) is 6.42 Å². The van der Waals surface area contributed by atoms with Crippen LogP contribution in [0.25, 0.3) is 10.1 Å². The summed E-state index contributed by atoms with van der Waals surface area (Å²) in [6, 6.07) is 5.81. The van der Waals surface area contributed by atoms with Gasteiger partial charge in [0.2, 0.25) is 0 Å². The summed E-state index contributed by atoms with van der Waals surface area (Å²) in [5, 5.41) is 10.1. The summed E-state index contributed by atoms with van der Waals surface area (Å²) >= 11 is 1.48. The summed E-state index contributed by atoms with van der Waals surface area (Å²) < 4.78 is 6.30. The molecule has 0 fully saturated rings. The van der Waals surface area contributed by atoms with Gasteiger partial charge in [-0.2, -0.15) is 5.10 Å². The highest BCUT2D eigenvalue weighted by molar-refractivity contribution is 7.21. The third kappa shape index (κ3) is 3.33. The molecule has 2 aromatic heterocycles. The highest BCUT2D eigenvalue weighted by atomic mass is 32.1. The van der Waals surface area contributed by atoms with Gasteiger partial charge in [-0.25, -0.2) is 9.89 Å². The number of carbonyl (C=O) groups is 1. The molecule has 126 valence electrons. The number of hydrogen-bond acceptors (Lipinski definition) is 5. The summed E-state index contributed by atoms with van der Waals surface area (Å²) in [6.45, 7) is 2.46. The van der Waals surface area contributed by atoms with E-state index in [1.807, 2.05) is 25.1 Å². The van der Waals surface area contributed by atoms with E-state index in [9.17, 15) is 9.59 Å². The van der Waals surface area contributed by atoms with Crippen molar-refractivity contribution in [3.8, 4) is 5.75 Å². The number of aryl methyl sites for hydroxylation is 2. The van der Waals surface area contributed by atoms with Crippen LogP contribution in [0.2, 0.25) is 0 Å². The molecule has 8 heteroatoms. The zero-order chi connectivity index (χ0) is 17.1. The fraction of sp³-hybridized carbons (Fsp3) is 0.312. The monoisotopic (exact) mass is 346 g/mol. The molecule has 0 bridgehead atoms. The molecule has 0 saturated carbocycles. The van der Waals surface area contributed by atoms with Crippen molar-refractivity contribution in [1.82, 2.24) is 20.5 Å². The molecule has 0 aliphatic carbocycles. The van der Waals surface area contributed by atoms with Crippen molar-refractivity contribution in [1.29, 1.82) is 0 Å². The van der Waals surface area contributed by atoms with Crippen LogP contribution in [-0.4, -0.2) is 34.7 Å². The van der Waals surface area contributed by atoms with E-state index < -0.39 is 0 Å². The van der Waals surface area contributed by atoms with Crippen molar-refractivity contribution < 1.29 is 9.53 Å². The number of amides is 1. The number of aromatic nitrogens is 3. The van der Waals surface area contributed by atoms with Gasteiger partial charge in [-0.1, -0.05) is 0 Å². The number of benzene rings is 1. The molecule has 2 heterocycles. The number of H-pyrrole nitrogens is 2. The van der Waals surface area contributed by atoms with Gasteiger partial charge in [-0.05, 0) is 42.5 Å². The predicted molar refractivity (Wildman–Crippen MR) is 93.0 cm³/mol. The van der Waals surface area contributed by atoms with Crippen molar-refractivity contribution in [2.24, 2.45) is 0 Å². The predicted octanol–water partition coefficient (Wildman–Crippen LogP) is 1.99. The number of aromatic amines is 2. The van der Waals surface area contributed by atoms with E-state index in [0.29, 0.717) is 30.1 Å². The summed E-state index contributed by atoms with van der Waals surface area (Å²) in [4.78, 5) is 26.6. The van der Waals surface area contributed by atoms with Gasteiger partial charge in [-0.3, -0.25) is 9.78 Å². The second kappa shape index (κ2) is 6.88. The van der Waals surface area contributed by atoms with E-state index in [2.05, 4.69) is 20.5 Å². The van der Waals surface area contributed by atoms with E-state index in [0.717, 1.165) is 21.4 Å². The Kier molecular flexibility index (Phi) is 4.66. The van der Waals surface area contributed by atoms with Crippen LogP contribution in [0.15, 0.2) is 23.0 Å². The molecule has 7 nitrogen and oxygen atoms in total. The highest BCUT2D eigenvalue weighted by Gasteiger charge is 2.15. The summed E-state index contributed by atoms with van der Waals surface area (Å²) in [6.07, 6.45) is 1.30. The lowest BCUT2D eigenvalue weighted by molar-refractivity contribution is 0.0956. The number of ether oxygens (including phenoxy) is 1. The number of rotatable bonds is 6. The molecule has 0 unspecified atom stereocenters. The molecule has 0 spiro atoms. The molecule has 1 amide bonds. The van der Waals surface area contributed by atoms with Crippen molar-refractivity contribution in [2.75, 3.05) is 13.7 Å². The van der Waals surface area contributed by atoms with Crippen molar-refractivity contribution in [3.63, 3.8) is 0 Å². The SMILES string of the molecule is COc1ccc2sc(C(=O)NCCCc3n[nH]c(=O)[nH]3)c(C)c2c1. The minimum Gasteiger partial charge on any atom is -0.497 e. The molecular formula is C16H18N4O3S. The molecule has 3 rings (SSSR count). The maximum Gasteiger partial charge on any atom is 0.340 e. The molecule has 1 aromatic carbocycles. The van der Waals surface area contributed by atoms with Crippen LogP contribution in [0.1, 0.15) is 27.5 Å². The summed E-state index contributed by atoms with van der Waals surface area (Å²) in [7, 11) is 1.63. The van der Waals surface area contributed by atoms with Gasteiger partial charge in [0.25, 0.3) is 5.91 Å². The molecule has 3 aromatic rings. The number of thiophene rings is 1. The number of carbonyl (C=O) groups excluding carboxylic acids is 1. The summed E-state index contributed by atoms with van der Waals surface area (Å²) in [5.41, 5.74) is 0.647. The number of nitrogens with zero attached hydrogens (tertiary/aromatic N) is 1. The lowest BCUT2D eigenvalue weighted by Crippen LogP contribution is -2.24. The lowest BCUT2D eigenvalue weighted by atomic mass is 10.1. The zero-order valence-electron chi connectivity index (χ0n) is 13.4. The van der Waals surface area contributed by atoms with E-state index in [1.54, 1.807) is 7.11 Å². The first-order valence-corrected chi connectivity index (χ1v) is 8.39. The van der Waals surface area contributed by atoms with Crippen LogP contribution < -0.4 is 15.7 Å². The number of methoxy groups -OCH3 is 1. The Labute approximate surface area is 142 Å². The second-order valence-corrected chi connectivity index (χ2v) is 6.45. The molecule has 0 atom stereocenters. The fourth-order valence-corrected chi connectivity index (χ4v) is 3.61. The maximum atomic E-state index is 12.4. The normalized spacial score (nSPS) is 10.9. The quantitative estimate of drug-likeness (QED) is 0.594. The Morgan fingerprint density at radius 1 is 1.42 bits per heavy atom. The number of hydrogen-bond donors (Lipinski definition) is 3. The van der Waals surface area contributed by atoms with Gasteiger partial charge >= 0.3 is 5.69 Å². The Balaban J connectivity index is 1.63. The average Bonchev–Trinajstić information content (AvgIpc) is 3.14. The van der Waals surface area contributed by atoms with Crippen LogP contribution in [0.4, 0.5) is 0 Å². The van der Waals surface area contributed by atoms with Crippen molar-refractivity contribution >= 4 is 27.3 Å². The van der Waals surface area contributed by atoms with Gasteiger partial charge in [-0.15, -0.1) is 11.3 Å². The van der Waals surface area contributed by atoms with Gasteiger partial charge in [0, 0.05) is 17.7 Å². The molecule has 0 aliphatic heterocycles. The van der Waals surface area contributed by atoms with Crippen LogP contribution >= 0.6 is 11.3 Å². The third-order valence-corrected chi connectivity index (χ3v) is 5.05. The average molecular weight is 346 g/mol. The number of nitrogens with one attached hydrogen (secondary N) is 3. The fourth-order valence-electron chi connectivity index (χ4n) is 2.51. The van der Waals surface area contributed by atoms with Crippen molar-refractivity contribution in [2.45, 2.75) is 19.8 Å². The molecule has 24 heavy (non-hydrogen) atoms. The standard InChI is InChI=1S/C16H18N4O3S/c1-9-11-8-10(23-2)5-6-12(11)24-14(9)15(21)17-7-3-4-13-18-16(22)20-19-13/h5-6,8H,3-4,7H2,1-2H3,(H,17,21)(H2,18,19,20,22). The van der Waals surface area contributed by atoms with Gasteiger partial charge in [0.05, 0.1) is 12.0 Å². The highest BCUT2D eigenvalue weighted by Crippen LogP contribution is 2.33. The Hall–Kier alpha value is -2.61. The van der Waals surface area contributed by atoms with Gasteiger partial charge in [0.1, 0.15) is 11.6 Å². The molecule has 0 aliphatic rings. The minimum absolute atomic E-state index is 0.0804. The largest absolute Gasteiger partial charge is 0.497 e. The van der Waals surface area contributed by atoms with Gasteiger partial charge < -0.3 is 10.1 Å². The van der Waals surface area contributed by atoms with Crippen LogP contribution in [0.3, 0.4) is 0 Å². The molecule has 3 N–H and O–H groups in total. The van der Waals surface area contributed by atoms with Crippen LogP contribution in [0.5, 0.6) is 5.75 Å². The molecular weight excluding hydrogens is 328 g/mol. The zero-order valence-corrected chi connectivity index (χ0v) is 14.3. The summed E-state index contributed by atoms with van der Waals surface area (Å²) in [5.74, 6) is 1.30. The topological polar surface area (TPSA) is 99.9 Å². The van der Waals surface area contributed by atoms with E-state index in [4.69, 9.17) is 4.74 Å². The first kappa shape index (κ1) is 16.3. The van der Waals surface area contributed by atoms with Crippen LogP contribution in [0, 0.1) is 6.92 Å². The van der Waals surface area contributed by atoms with Crippen molar-refractivity contribution in [3.05, 3.63) is 44.9 Å². The Morgan fingerprint density at radius 3 is 2.96 bits per heavy atom. The van der Waals surface area contributed by atoms with E-state index >= 15 is 0 Å². The maximum absolute atomic E-state index is 12.4. The molecule has 0 saturated heterocycles. The van der Waals surface area contributed by atoms with E-state index in [-0.39, 0.29) is 11.6 Å². The lowest BCUT2D eigenvalue weighted by Gasteiger charge is -2.03. The smallest absolute Gasteiger partial charge is 0.340 e. The minimum atomic E-state index is -0.314. The van der Waals surface area contributed by atoms with Gasteiger partial charge in [0.15, 0.2) is 0 Å². The molecule has 0 radical (unpaired) electrons. The number of fused-ring (bicyclic) bond motifs is 1.